The average molecular weight is 262 g/mol. The second kappa shape index (κ2) is 5.40. The van der Waals surface area contributed by atoms with Crippen LogP contribution in [0.1, 0.15) is 21.5 Å². The van der Waals surface area contributed by atoms with Gasteiger partial charge in [-0.3, -0.25) is 4.79 Å². The number of hydrogen-bond donors (Lipinski definition) is 2. The van der Waals surface area contributed by atoms with E-state index in [0.717, 1.165) is 11.1 Å². The number of amides is 1. The van der Waals surface area contributed by atoms with Crippen molar-refractivity contribution in [2.45, 2.75) is 19.9 Å². The molecule has 102 valence electrons. The molecule has 0 spiro atoms. The molecule has 0 radical (unpaired) electrons. The summed E-state index contributed by atoms with van der Waals surface area (Å²) in [7, 11) is 0. The number of rotatable bonds is 2. The van der Waals surface area contributed by atoms with E-state index in [1.54, 1.807) is 6.07 Å². The van der Waals surface area contributed by atoms with Crippen LogP contribution in [0, 0.1) is 13.8 Å². The number of benzene rings is 1. The van der Waals surface area contributed by atoms with Gasteiger partial charge in [0.25, 0.3) is 5.91 Å². The second-order valence-electron chi connectivity index (χ2n) is 4.86. The predicted octanol–water partition coefficient (Wildman–Crippen LogP) is 0.802. The Kier molecular flexibility index (Phi) is 3.85. The molecule has 0 aliphatic carbocycles. The largest absolute Gasteiger partial charge is 0.480 e. The number of nitrogens with zero attached hydrogens (tertiary/aromatic N) is 1. The van der Waals surface area contributed by atoms with E-state index < -0.39 is 12.0 Å². The van der Waals surface area contributed by atoms with E-state index in [9.17, 15) is 9.59 Å². The average Bonchev–Trinajstić information content (AvgIpc) is 2.41. The molecule has 2 N–H and O–H groups in total. The normalized spacial score (nSPS) is 19.3. The summed E-state index contributed by atoms with van der Waals surface area (Å²) < 4.78 is 0. The van der Waals surface area contributed by atoms with Crippen LogP contribution in [0.3, 0.4) is 0 Å². The second-order valence-corrected chi connectivity index (χ2v) is 4.86. The van der Waals surface area contributed by atoms with Crippen LogP contribution in [-0.4, -0.2) is 47.6 Å². The summed E-state index contributed by atoms with van der Waals surface area (Å²) in [4.78, 5) is 25.0. The first-order valence-corrected chi connectivity index (χ1v) is 6.32. The van der Waals surface area contributed by atoms with Crippen LogP contribution in [-0.2, 0) is 4.79 Å². The molecule has 1 unspecified atom stereocenters. The number of piperazine rings is 1. The molecule has 1 fully saturated rings. The predicted molar refractivity (Wildman–Crippen MR) is 71.2 cm³/mol. The molecule has 1 atom stereocenters. The Hall–Kier alpha value is -1.88. The van der Waals surface area contributed by atoms with E-state index in [4.69, 9.17) is 5.11 Å². The topological polar surface area (TPSA) is 69.6 Å². The van der Waals surface area contributed by atoms with E-state index in [1.807, 2.05) is 26.0 Å². The van der Waals surface area contributed by atoms with Crippen molar-refractivity contribution in [3.05, 3.63) is 34.9 Å². The molecule has 1 aromatic rings. The lowest BCUT2D eigenvalue weighted by atomic mass is 10.0. The van der Waals surface area contributed by atoms with E-state index in [1.165, 1.54) is 4.90 Å². The van der Waals surface area contributed by atoms with Gasteiger partial charge >= 0.3 is 5.97 Å². The molecule has 1 aliphatic rings. The monoisotopic (exact) mass is 262 g/mol. The van der Waals surface area contributed by atoms with Gasteiger partial charge in [0.05, 0.1) is 0 Å². The first-order valence-electron chi connectivity index (χ1n) is 6.32. The first-order chi connectivity index (χ1) is 9.00. The zero-order chi connectivity index (χ0) is 14.0. The van der Waals surface area contributed by atoms with Gasteiger partial charge in [-0.15, -0.1) is 0 Å². The zero-order valence-corrected chi connectivity index (χ0v) is 11.1. The fraction of sp³-hybridized carbons (Fsp3) is 0.429. The highest BCUT2D eigenvalue weighted by Gasteiger charge is 2.32. The lowest BCUT2D eigenvalue weighted by molar-refractivity contribution is -0.142. The smallest absolute Gasteiger partial charge is 0.327 e. The molecule has 1 amide bonds. The molecule has 1 saturated heterocycles. The van der Waals surface area contributed by atoms with Crippen molar-refractivity contribution in [2.75, 3.05) is 19.6 Å². The van der Waals surface area contributed by atoms with Crippen molar-refractivity contribution in [3.63, 3.8) is 0 Å². The maximum atomic E-state index is 12.4. The summed E-state index contributed by atoms with van der Waals surface area (Å²) in [6, 6.07) is 4.67. The van der Waals surface area contributed by atoms with Crippen molar-refractivity contribution in [3.8, 4) is 0 Å². The van der Waals surface area contributed by atoms with Gasteiger partial charge in [0, 0.05) is 25.2 Å². The third-order valence-electron chi connectivity index (χ3n) is 3.54. The standard InChI is InChI=1S/C14H18N2O3/c1-9-3-4-11(7-10(9)2)13(17)16-6-5-15-8-12(16)14(18)19/h3-4,7,12,15H,5-6,8H2,1-2H3,(H,18,19). The summed E-state index contributed by atoms with van der Waals surface area (Å²) in [6.07, 6.45) is 0. The summed E-state index contributed by atoms with van der Waals surface area (Å²) in [5.74, 6) is -1.18. The molecular formula is C14H18N2O3. The molecule has 0 aromatic heterocycles. The van der Waals surface area contributed by atoms with Crippen LogP contribution >= 0.6 is 0 Å². The number of nitrogens with one attached hydrogen (secondary N) is 1. The third kappa shape index (κ3) is 2.76. The number of carboxylic acids is 1. The van der Waals surface area contributed by atoms with E-state index in [0.29, 0.717) is 25.2 Å². The first kappa shape index (κ1) is 13.5. The summed E-state index contributed by atoms with van der Waals surface area (Å²) in [6.45, 7) is 5.27. The van der Waals surface area contributed by atoms with Gasteiger partial charge in [-0.05, 0) is 37.1 Å². The minimum atomic E-state index is -0.968. The Balaban J connectivity index is 2.26. The Morgan fingerprint density at radius 1 is 1.32 bits per heavy atom. The number of aryl methyl sites for hydroxylation is 2. The van der Waals surface area contributed by atoms with Crippen molar-refractivity contribution < 1.29 is 14.7 Å². The van der Waals surface area contributed by atoms with Crippen LogP contribution in [0.2, 0.25) is 0 Å². The lowest BCUT2D eigenvalue weighted by Gasteiger charge is -2.33. The summed E-state index contributed by atoms with van der Waals surface area (Å²) in [5.41, 5.74) is 2.70. The third-order valence-corrected chi connectivity index (χ3v) is 3.54. The maximum absolute atomic E-state index is 12.4. The molecule has 1 aliphatic heterocycles. The number of carboxylic acid groups (broad SMARTS) is 1. The fourth-order valence-corrected chi connectivity index (χ4v) is 2.21. The molecule has 1 heterocycles. The minimum absolute atomic E-state index is 0.211. The van der Waals surface area contributed by atoms with Gasteiger partial charge in [-0.1, -0.05) is 6.07 Å². The number of carbonyl (C=O) groups excluding carboxylic acids is 1. The summed E-state index contributed by atoms with van der Waals surface area (Å²) in [5, 5.41) is 12.2. The summed E-state index contributed by atoms with van der Waals surface area (Å²) >= 11 is 0. The van der Waals surface area contributed by atoms with Crippen molar-refractivity contribution >= 4 is 11.9 Å². The molecule has 2 rings (SSSR count). The van der Waals surface area contributed by atoms with Gasteiger partial charge < -0.3 is 15.3 Å². The molecule has 0 bridgehead atoms. The zero-order valence-electron chi connectivity index (χ0n) is 11.1. The fourth-order valence-electron chi connectivity index (χ4n) is 2.21. The van der Waals surface area contributed by atoms with E-state index >= 15 is 0 Å². The van der Waals surface area contributed by atoms with Crippen molar-refractivity contribution in [1.82, 2.24) is 10.2 Å². The highest BCUT2D eigenvalue weighted by molar-refractivity contribution is 5.97. The quantitative estimate of drug-likeness (QED) is 0.827. The van der Waals surface area contributed by atoms with Gasteiger partial charge in [0.15, 0.2) is 0 Å². The Morgan fingerprint density at radius 2 is 2.05 bits per heavy atom. The van der Waals surface area contributed by atoms with Crippen LogP contribution < -0.4 is 5.32 Å². The van der Waals surface area contributed by atoms with E-state index in [-0.39, 0.29) is 5.91 Å². The molecule has 5 nitrogen and oxygen atoms in total. The molecule has 5 heteroatoms. The molecule has 19 heavy (non-hydrogen) atoms. The number of aliphatic carboxylic acids is 1. The van der Waals surface area contributed by atoms with Crippen LogP contribution in [0.5, 0.6) is 0 Å². The highest BCUT2D eigenvalue weighted by Crippen LogP contribution is 2.14. The van der Waals surface area contributed by atoms with Gasteiger partial charge in [0.1, 0.15) is 6.04 Å². The van der Waals surface area contributed by atoms with E-state index in [2.05, 4.69) is 5.32 Å². The van der Waals surface area contributed by atoms with Gasteiger partial charge in [-0.2, -0.15) is 0 Å². The van der Waals surface area contributed by atoms with Gasteiger partial charge in [-0.25, -0.2) is 4.79 Å². The minimum Gasteiger partial charge on any atom is -0.480 e. The van der Waals surface area contributed by atoms with Gasteiger partial charge in [0.2, 0.25) is 0 Å². The number of carbonyl (C=O) groups is 2. The Morgan fingerprint density at radius 3 is 2.68 bits per heavy atom. The maximum Gasteiger partial charge on any atom is 0.327 e. The molecule has 1 aromatic carbocycles. The van der Waals surface area contributed by atoms with Crippen LogP contribution in [0.4, 0.5) is 0 Å². The number of hydrogen-bond acceptors (Lipinski definition) is 3. The van der Waals surface area contributed by atoms with Crippen molar-refractivity contribution in [1.29, 1.82) is 0 Å². The SMILES string of the molecule is Cc1ccc(C(=O)N2CCNCC2C(=O)O)cc1C. The highest BCUT2D eigenvalue weighted by atomic mass is 16.4. The molecule has 0 saturated carbocycles. The van der Waals surface area contributed by atoms with Crippen molar-refractivity contribution in [2.24, 2.45) is 0 Å². The Labute approximate surface area is 112 Å². The Bertz CT molecular complexity index is 513. The van der Waals surface area contributed by atoms with Crippen LogP contribution in [0.25, 0.3) is 0 Å². The van der Waals surface area contributed by atoms with Crippen LogP contribution in [0.15, 0.2) is 18.2 Å². The molecular weight excluding hydrogens is 244 g/mol. The lowest BCUT2D eigenvalue weighted by Crippen LogP contribution is -2.57.